The monoisotopic (exact) mass is 182 g/mol. The fraction of sp³-hybridized carbons (Fsp3) is 0.333. The molecule has 0 fully saturated rings. The first kappa shape index (κ1) is 8.04. The van der Waals surface area contributed by atoms with Gasteiger partial charge in [0.1, 0.15) is 13.2 Å². The number of rotatable bonds is 0. The zero-order valence-corrected chi connectivity index (χ0v) is 7.20. The molecule has 1 aliphatic rings. The summed E-state index contributed by atoms with van der Waals surface area (Å²) in [5, 5.41) is 19.0. The molecule has 0 radical (unpaired) electrons. The van der Waals surface area contributed by atoms with Crippen LogP contribution in [0.5, 0.6) is 23.0 Å². The molecular formula is C9H10O4. The lowest BCUT2D eigenvalue weighted by molar-refractivity contribution is 0.159. The first-order valence-corrected chi connectivity index (χ1v) is 4.01. The van der Waals surface area contributed by atoms with E-state index in [-0.39, 0.29) is 23.0 Å². The quantitative estimate of drug-likeness (QED) is 0.591. The highest BCUT2D eigenvalue weighted by molar-refractivity contribution is 5.61. The van der Waals surface area contributed by atoms with E-state index in [2.05, 4.69) is 0 Å². The average Bonchev–Trinajstić information content (AvgIpc) is 2.15. The number of aryl methyl sites for hydroxylation is 1. The third kappa shape index (κ3) is 1.14. The predicted octanol–water partition coefficient (Wildman–Crippen LogP) is 1.18. The molecule has 0 unspecified atom stereocenters. The number of hydrogen-bond donors (Lipinski definition) is 2. The minimum atomic E-state index is 0.00463. The van der Waals surface area contributed by atoms with Crippen LogP contribution in [0.15, 0.2) is 6.07 Å². The first-order chi connectivity index (χ1) is 6.20. The molecule has 0 aliphatic carbocycles. The molecule has 13 heavy (non-hydrogen) atoms. The summed E-state index contributed by atoms with van der Waals surface area (Å²) in [6, 6.07) is 1.45. The molecule has 2 N–H and O–H groups in total. The Morgan fingerprint density at radius 2 is 1.77 bits per heavy atom. The summed E-state index contributed by atoms with van der Waals surface area (Å²) in [5.41, 5.74) is 0.571. The van der Waals surface area contributed by atoms with Crippen LogP contribution < -0.4 is 9.47 Å². The van der Waals surface area contributed by atoms with Gasteiger partial charge in [-0.1, -0.05) is 0 Å². The Morgan fingerprint density at radius 1 is 1.15 bits per heavy atom. The second-order valence-electron chi connectivity index (χ2n) is 2.92. The molecule has 70 valence electrons. The number of fused-ring (bicyclic) bond motifs is 1. The summed E-state index contributed by atoms with van der Waals surface area (Å²) in [6.45, 7) is 2.47. The number of ether oxygens (including phenoxy) is 2. The van der Waals surface area contributed by atoms with Gasteiger partial charge in [0.15, 0.2) is 11.5 Å². The number of phenolic OH excluding ortho intramolecular Hbond substituents is 2. The van der Waals surface area contributed by atoms with Crippen molar-refractivity contribution in [3.8, 4) is 23.0 Å². The van der Waals surface area contributed by atoms with Gasteiger partial charge >= 0.3 is 0 Å². The Labute approximate surface area is 75.3 Å². The zero-order chi connectivity index (χ0) is 9.42. The predicted molar refractivity (Wildman–Crippen MR) is 45.5 cm³/mol. The van der Waals surface area contributed by atoms with Crippen molar-refractivity contribution in [3.63, 3.8) is 0 Å². The van der Waals surface area contributed by atoms with Gasteiger partial charge in [0.25, 0.3) is 0 Å². The van der Waals surface area contributed by atoms with Crippen molar-refractivity contribution in [2.24, 2.45) is 0 Å². The van der Waals surface area contributed by atoms with Gasteiger partial charge in [-0.2, -0.15) is 0 Å². The topological polar surface area (TPSA) is 58.9 Å². The van der Waals surface area contributed by atoms with E-state index in [1.807, 2.05) is 0 Å². The second kappa shape index (κ2) is 2.73. The van der Waals surface area contributed by atoms with Gasteiger partial charge in [0, 0.05) is 0 Å². The third-order valence-corrected chi connectivity index (χ3v) is 1.96. The molecule has 0 atom stereocenters. The summed E-state index contributed by atoms with van der Waals surface area (Å²) in [7, 11) is 0. The maximum Gasteiger partial charge on any atom is 0.207 e. The van der Waals surface area contributed by atoms with Crippen LogP contribution in [0.4, 0.5) is 0 Å². The Morgan fingerprint density at radius 3 is 2.46 bits per heavy atom. The Bertz CT molecular complexity index is 346. The van der Waals surface area contributed by atoms with Crippen LogP contribution in [0.25, 0.3) is 0 Å². The van der Waals surface area contributed by atoms with Crippen molar-refractivity contribution >= 4 is 0 Å². The second-order valence-corrected chi connectivity index (χ2v) is 2.92. The smallest absolute Gasteiger partial charge is 0.207 e. The molecule has 0 aromatic heterocycles. The highest BCUT2D eigenvalue weighted by atomic mass is 16.6. The first-order valence-electron chi connectivity index (χ1n) is 4.01. The van der Waals surface area contributed by atoms with Crippen molar-refractivity contribution in [2.45, 2.75) is 6.92 Å². The summed E-state index contributed by atoms with van der Waals surface area (Å²) in [6.07, 6.45) is 0. The molecule has 0 spiro atoms. The van der Waals surface area contributed by atoms with E-state index < -0.39 is 0 Å². The van der Waals surface area contributed by atoms with Crippen LogP contribution in [0, 0.1) is 6.92 Å². The Hall–Kier alpha value is -1.58. The molecule has 4 nitrogen and oxygen atoms in total. The van der Waals surface area contributed by atoms with Crippen molar-refractivity contribution in [1.29, 1.82) is 0 Å². The van der Waals surface area contributed by atoms with E-state index >= 15 is 0 Å². The summed E-state index contributed by atoms with van der Waals surface area (Å²) in [5.74, 6) is 0.510. The van der Waals surface area contributed by atoms with E-state index in [9.17, 15) is 10.2 Å². The Kier molecular flexibility index (Phi) is 1.69. The molecule has 1 aromatic rings. The SMILES string of the molecule is Cc1cc(O)c2c(c1O)OCCO2. The van der Waals surface area contributed by atoms with Crippen LogP contribution in [-0.2, 0) is 0 Å². The minimum Gasteiger partial charge on any atom is -0.504 e. The van der Waals surface area contributed by atoms with Crippen LogP contribution in [0.2, 0.25) is 0 Å². The molecule has 1 aromatic carbocycles. The fourth-order valence-corrected chi connectivity index (χ4v) is 1.30. The molecule has 0 saturated heterocycles. The zero-order valence-electron chi connectivity index (χ0n) is 7.20. The van der Waals surface area contributed by atoms with Gasteiger partial charge in [-0.15, -0.1) is 0 Å². The van der Waals surface area contributed by atoms with Gasteiger partial charge in [-0.25, -0.2) is 0 Å². The fourth-order valence-electron chi connectivity index (χ4n) is 1.30. The Balaban J connectivity index is 2.63. The highest BCUT2D eigenvalue weighted by Crippen LogP contribution is 2.46. The van der Waals surface area contributed by atoms with Crippen LogP contribution in [-0.4, -0.2) is 23.4 Å². The van der Waals surface area contributed by atoms with Crippen molar-refractivity contribution in [2.75, 3.05) is 13.2 Å². The summed E-state index contributed by atoms with van der Waals surface area (Å²) in [4.78, 5) is 0. The standard InChI is InChI=1S/C9H10O4/c1-5-4-6(10)8-9(7(5)11)13-3-2-12-8/h4,10-11H,2-3H2,1H3. The summed E-state index contributed by atoms with van der Waals surface area (Å²) >= 11 is 0. The lowest BCUT2D eigenvalue weighted by Gasteiger charge is -2.20. The maximum atomic E-state index is 9.55. The molecule has 4 heteroatoms. The van der Waals surface area contributed by atoms with Gasteiger partial charge in [0.2, 0.25) is 11.5 Å². The van der Waals surface area contributed by atoms with E-state index in [1.165, 1.54) is 6.07 Å². The van der Waals surface area contributed by atoms with Crippen LogP contribution in [0.1, 0.15) is 5.56 Å². The molecule has 0 amide bonds. The number of hydrogen-bond acceptors (Lipinski definition) is 4. The summed E-state index contributed by atoms with van der Waals surface area (Å²) < 4.78 is 10.3. The van der Waals surface area contributed by atoms with E-state index in [1.54, 1.807) is 6.92 Å². The van der Waals surface area contributed by atoms with Gasteiger partial charge in [-0.05, 0) is 18.6 Å². The number of benzene rings is 1. The molecule has 1 aliphatic heterocycles. The maximum absolute atomic E-state index is 9.55. The molecule has 2 rings (SSSR count). The van der Waals surface area contributed by atoms with E-state index in [0.29, 0.717) is 18.8 Å². The molecular weight excluding hydrogens is 172 g/mol. The lowest BCUT2D eigenvalue weighted by atomic mass is 10.1. The largest absolute Gasteiger partial charge is 0.504 e. The molecule has 0 bridgehead atoms. The van der Waals surface area contributed by atoms with E-state index in [4.69, 9.17) is 9.47 Å². The number of phenols is 2. The average molecular weight is 182 g/mol. The number of aromatic hydroxyl groups is 2. The van der Waals surface area contributed by atoms with Crippen LogP contribution >= 0.6 is 0 Å². The van der Waals surface area contributed by atoms with Crippen molar-refractivity contribution in [1.82, 2.24) is 0 Å². The third-order valence-electron chi connectivity index (χ3n) is 1.96. The van der Waals surface area contributed by atoms with Crippen LogP contribution in [0.3, 0.4) is 0 Å². The highest BCUT2D eigenvalue weighted by Gasteiger charge is 2.21. The van der Waals surface area contributed by atoms with Gasteiger partial charge in [0.05, 0.1) is 0 Å². The minimum absolute atomic E-state index is 0.00463. The normalized spacial score (nSPS) is 14.2. The molecule has 1 heterocycles. The van der Waals surface area contributed by atoms with Gasteiger partial charge in [-0.3, -0.25) is 0 Å². The van der Waals surface area contributed by atoms with Crippen molar-refractivity contribution < 1.29 is 19.7 Å². The van der Waals surface area contributed by atoms with E-state index in [0.717, 1.165) is 0 Å². The molecule has 0 saturated carbocycles. The lowest BCUT2D eigenvalue weighted by Crippen LogP contribution is -2.15. The van der Waals surface area contributed by atoms with Gasteiger partial charge < -0.3 is 19.7 Å². The van der Waals surface area contributed by atoms with Crippen molar-refractivity contribution in [3.05, 3.63) is 11.6 Å².